The Morgan fingerprint density at radius 1 is 0.958 bits per heavy atom. The number of hydrogen-bond donors (Lipinski definition) is 0. The van der Waals surface area contributed by atoms with Crippen LogP contribution in [0.1, 0.15) is 0 Å². The van der Waals surface area contributed by atoms with Gasteiger partial charge in [-0.3, -0.25) is 4.79 Å². The van der Waals surface area contributed by atoms with Gasteiger partial charge in [0.05, 0.1) is 18.7 Å². The van der Waals surface area contributed by atoms with Crippen LogP contribution in [0.3, 0.4) is 0 Å². The molecule has 4 nitrogen and oxygen atoms in total. The summed E-state index contributed by atoms with van der Waals surface area (Å²) in [5, 5.41) is 0.760. The van der Waals surface area contributed by atoms with Crippen molar-refractivity contribution >= 4 is 16.7 Å². The highest BCUT2D eigenvalue weighted by atomic mass is 16.5. The number of para-hydroxylation sites is 1. The Morgan fingerprint density at radius 3 is 2.46 bits per heavy atom. The topological polar surface area (TPSA) is 34.5 Å². The summed E-state index contributed by atoms with van der Waals surface area (Å²) in [6, 6.07) is 17.9. The third-order valence-corrected chi connectivity index (χ3v) is 4.66. The second-order valence-corrected chi connectivity index (χ2v) is 6.09. The third-order valence-electron chi connectivity index (χ3n) is 4.66. The van der Waals surface area contributed by atoms with Gasteiger partial charge in [0.25, 0.3) is 0 Å². The number of benzene rings is 2. The van der Waals surface area contributed by atoms with Crippen molar-refractivity contribution in [3.63, 3.8) is 0 Å². The number of hydrogen-bond acceptors (Lipinski definition) is 3. The predicted molar refractivity (Wildman–Crippen MR) is 97.7 cm³/mol. The summed E-state index contributed by atoms with van der Waals surface area (Å²) in [7, 11) is 2.04. The molecule has 1 aliphatic rings. The minimum atomic E-state index is 0.0716. The molecule has 4 heteroatoms. The number of aryl methyl sites for hydroxylation is 1. The molecule has 1 aliphatic heterocycles. The maximum absolute atomic E-state index is 12.7. The first-order valence-corrected chi connectivity index (χ1v) is 8.26. The normalized spacial score (nSPS) is 15.0. The molecule has 1 fully saturated rings. The van der Waals surface area contributed by atoms with E-state index in [1.165, 1.54) is 0 Å². The van der Waals surface area contributed by atoms with E-state index in [1.807, 2.05) is 37.4 Å². The largest absolute Gasteiger partial charge is 0.378 e. The minimum Gasteiger partial charge on any atom is -0.378 e. The summed E-state index contributed by atoms with van der Waals surface area (Å²) >= 11 is 0. The highest BCUT2D eigenvalue weighted by molar-refractivity contribution is 5.95. The van der Waals surface area contributed by atoms with Crippen LogP contribution in [0.15, 0.2) is 59.4 Å². The SMILES string of the molecule is Cn1c(N2CCOCC2)cc(=O)c2cccc(-c3ccccc3)c21. The first-order valence-electron chi connectivity index (χ1n) is 8.26. The first kappa shape index (κ1) is 15.0. The molecule has 0 aliphatic carbocycles. The molecule has 2 aromatic carbocycles. The molecular formula is C20H20N2O2. The molecule has 0 amide bonds. The van der Waals surface area contributed by atoms with Crippen molar-refractivity contribution in [2.24, 2.45) is 7.05 Å². The van der Waals surface area contributed by atoms with E-state index in [4.69, 9.17) is 4.74 Å². The van der Waals surface area contributed by atoms with E-state index < -0.39 is 0 Å². The number of pyridine rings is 1. The van der Waals surface area contributed by atoms with Crippen LogP contribution in [-0.4, -0.2) is 30.9 Å². The predicted octanol–water partition coefficient (Wildman–Crippen LogP) is 3.04. The van der Waals surface area contributed by atoms with Gasteiger partial charge in [0.1, 0.15) is 5.82 Å². The molecule has 0 radical (unpaired) electrons. The van der Waals surface area contributed by atoms with Gasteiger partial charge in [-0.25, -0.2) is 0 Å². The second-order valence-electron chi connectivity index (χ2n) is 6.09. The van der Waals surface area contributed by atoms with Crippen molar-refractivity contribution in [3.05, 3.63) is 64.8 Å². The molecule has 0 saturated carbocycles. The Morgan fingerprint density at radius 2 is 1.71 bits per heavy atom. The fraction of sp³-hybridized carbons (Fsp3) is 0.250. The summed E-state index contributed by atoms with van der Waals surface area (Å²) in [5.74, 6) is 0.958. The van der Waals surface area contributed by atoms with E-state index in [9.17, 15) is 4.79 Å². The van der Waals surface area contributed by atoms with Gasteiger partial charge in [-0.15, -0.1) is 0 Å². The number of aromatic nitrogens is 1. The fourth-order valence-corrected chi connectivity index (χ4v) is 3.46. The molecule has 1 saturated heterocycles. The van der Waals surface area contributed by atoms with Gasteiger partial charge >= 0.3 is 0 Å². The highest BCUT2D eigenvalue weighted by Gasteiger charge is 2.17. The minimum absolute atomic E-state index is 0.0716. The van der Waals surface area contributed by atoms with Crippen LogP contribution in [0.25, 0.3) is 22.0 Å². The standard InChI is InChI=1S/C20H20N2O2/c1-21-19(22-10-12-24-13-11-22)14-18(23)17-9-5-8-16(20(17)21)15-6-3-2-4-7-15/h2-9,14H,10-13H2,1H3. The Hall–Kier alpha value is -2.59. The smallest absolute Gasteiger partial charge is 0.191 e. The van der Waals surface area contributed by atoms with Crippen molar-refractivity contribution in [2.75, 3.05) is 31.2 Å². The van der Waals surface area contributed by atoms with Gasteiger partial charge in [-0.2, -0.15) is 0 Å². The van der Waals surface area contributed by atoms with Crippen molar-refractivity contribution in [2.45, 2.75) is 0 Å². The van der Waals surface area contributed by atoms with Gasteiger partial charge in [0, 0.05) is 37.2 Å². The molecule has 122 valence electrons. The summed E-state index contributed by atoms with van der Waals surface area (Å²) < 4.78 is 7.59. The Kier molecular flexibility index (Phi) is 3.82. The van der Waals surface area contributed by atoms with E-state index in [0.29, 0.717) is 13.2 Å². The first-order chi connectivity index (χ1) is 11.8. The zero-order valence-electron chi connectivity index (χ0n) is 13.7. The lowest BCUT2D eigenvalue weighted by Gasteiger charge is -2.31. The zero-order chi connectivity index (χ0) is 16.5. The molecule has 3 aromatic rings. The number of nitrogens with zero attached hydrogens (tertiary/aromatic N) is 2. The highest BCUT2D eigenvalue weighted by Crippen LogP contribution is 2.29. The molecule has 1 aromatic heterocycles. The Balaban J connectivity index is 1.98. The van der Waals surface area contributed by atoms with Crippen molar-refractivity contribution in [1.29, 1.82) is 0 Å². The maximum atomic E-state index is 12.7. The lowest BCUT2D eigenvalue weighted by Crippen LogP contribution is -2.38. The second kappa shape index (κ2) is 6.13. The third kappa shape index (κ3) is 2.49. The van der Waals surface area contributed by atoms with Gasteiger partial charge in [-0.05, 0) is 11.6 Å². The van der Waals surface area contributed by atoms with E-state index in [1.54, 1.807) is 6.07 Å². The average Bonchev–Trinajstić information content (AvgIpc) is 2.65. The van der Waals surface area contributed by atoms with Crippen molar-refractivity contribution in [1.82, 2.24) is 4.57 Å². The van der Waals surface area contributed by atoms with Gasteiger partial charge in [0.15, 0.2) is 5.43 Å². The van der Waals surface area contributed by atoms with Crippen LogP contribution >= 0.6 is 0 Å². The van der Waals surface area contributed by atoms with Crippen molar-refractivity contribution < 1.29 is 4.74 Å². The van der Waals surface area contributed by atoms with Crippen LogP contribution in [-0.2, 0) is 11.8 Å². The monoisotopic (exact) mass is 320 g/mol. The van der Waals surface area contributed by atoms with Crippen LogP contribution in [0.4, 0.5) is 5.82 Å². The molecule has 0 atom stereocenters. The maximum Gasteiger partial charge on any atom is 0.191 e. The lowest BCUT2D eigenvalue weighted by molar-refractivity contribution is 0.122. The summed E-state index contributed by atoms with van der Waals surface area (Å²) in [6.07, 6.45) is 0. The summed E-state index contributed by atoms with van der Waals surface area (Å²) in [6.45, 7) is 3.03. The number of fused-ring (bicyclic) bond motifs is 1. The molecule has 0 unspecified atom stereocenters. The van der Waals surface area contributed by atoms with Crippen LogP contribution in [0.5, 0.6) is 0 Å². The van der Waals surface area contributed by atoms with Crippen molar-refractivity contribution in [3.8, 4) is 11.1 Å². The molecular weight excluding hydrogens is 300 g/mol. The number of rotatable bonds is 2. The lowest BCUT2D eigenvalue weighted by atomic mass is 10.0. The molecule has 0 bridgehead atoms. The summed E-state index contributed by atoms with van der Waals surface area (Å²) in [5.41, 5.74) is 3.26. The van der Waals surface area contributed by atoms with Crippen LogP contribution < -0.4 is 10.3 Å². The number of morpholine rings is 1. The van der Waals surface area contributed by atoms with Crippen LogP contribution in [0.2, 0.25) is 0 Å². The molecule has 4 rings (SSSR count). The summed E-state index contributed by atoms with van der Waals surface area (Å²) in [4.78, 5) is 14.9. The molecule has 0 spiro atoms. The van der Waals surface area contributed by atoms with Crippen LogP contribution in [0, 0.1) is 0 Å². The average molecular weight is 320 g/mol. The van der Waals surface area contributed by atoms with Gasteiger partial charge in [-0.1, -0.05) is 42.5 Å². The van der Waals surface area contributed by atoms with Gasteiger partial charge in [0.2, 0.25) is 0 Å². The molecule has 24 heavy (non-hydrogen) atoms. The number of ether oxygens (including phenoxy) is 1. The molecule has 0 N–H and O–H groups in total. The van der Waals surface area contributed by atoms with E-state index in [0.717, 1.165) is 40.9 Å². The number of anilines is 1. The van der Waals surface area contributed by atoms with E-state index in [-0.39, 0.29) is 5.43 Å². The Labute approximate surface area is 140 Å². The fourth-order valence-electron chi connectivity index (χ4n) is 3.46. The van der Waals surface area contributed by atoms with E-state index >= 15 is 0 Å². The Bertz CT molecular complexity index is 926. The zero-order valence-corrected chi connectivity index (χ0v) is 13.7. The van der Waals surface area contributed by atoms with Gasteiger partial charge < -0.3 is 14.2 Å². The quantitative estimate of drug-likeness (QED) is 0.728. The van der Waals surface area contributed by atoms with E-state index in [2.05, 4.69) is 27.7 Å². The molecule has 2 heterocycles.